The van der Waals surface area contributed by atoms with Crippen molar-refractivity contribution in [3.05, 3.63) is 16.1 Å². The van der Waals surface area contributed by atoms with Gasteiger partial charge in [0.25, 0.3) is 0 Å². The van der Waals surface area contributed by atoms with Crippen molar-refractivity contribution in [3.8, 4) is 0 Å². The van der Waals surface area contributed by atoms with E-state index >= 15 is 0 Å². The molecule has 1 aromatic rings. The van der Waals surface area contributed by atoms with E-state index in [1.807, 2.05) is 6.92 Å². The quantitative estimate of drug-likeness (QED) is 0.925. The first kappa shape index (κ1) is 14.9. The van der Waals surface area contributed by atoms with Crippen LogP contribution in [0.3, 0.4) is 0 Å². The molecule has 2 rings (SSSR count). The number of aliphatic hydroxyl groups excluding tert-OH is 1. The summed E-state index contributed by atoms with van der Waals surface area (Å²) < 4.78 is 5.80. The summed E-state index contributed by atoms with van der Waals surface area (Å²) in [5.41, 5.74) is 0.783. The molecular weight excluding hydrogens is 258 g/mol. The first-order chi connectivity index (χ1) is 8.81. The Hall–Kier alpha value is -0.450. The fraction of sp³-hybridized carbons (Fsp3) is 0.800. The third kappa shape index (κ3) is 3.56. The molecule has 2 unspecified atom stereocenters. The molecule has 0 radical (unpaired) electrons. The van der Waals surface area contributed by atoms with Gasteiger partial charge in [0, 0.05) is 23.8 Å². The molecule has 0 bridgehead atoms. The zero-order valence-electron chi connectivity index (χ0n) is 12.4. The molecule has 1 N–H and O–H groups in total. The van der Waals surface area contributed by atoms with Gasteiger partial charge < -0.3 is 9.84 Å². The predicted molar refractivity (Wildman–Crippen MR) is 78.7 cm³/mol. The molecule has 1 aliphatic heterocycles. The van der Waals surface area contributed by atoms with Gasteiger partial charge in [-0.3, -0.25) is 0 Å². The molecule has 19 heavy (non-hydrogen) atoms. The number of hydrogen-bond donors (Lipinski definition) is 1. The maximum absolute atomic E-state index is 10.4. The number of rotatable bonds is 3. The van der Waals surface area contributed by atoms with Crippen LogP contribution in [0.25, 0.3) is 0 Å². The van der Waals surface area contributed by atoms with Crippen LogP contribution >= 0.6 is 11.3 Å². The number of nitrogens with zero attached hydrogens (tertiary/aromatic N) is 1. The summed E-state index contributed by atoms with van der Waals surface area (Å²) in [7, 11) is 0. The smallest absolute Gasteiger partial charge is 0.0955 e. The number of aliphatic hydroxyl groups is 1. The van der Waals surface area contributed by atoms with Gasteiger partial charge in [0.2, 0.25) is 0 Å². The Bertz CT molecular complexity index is 416. The average molecular weight is 283 g/mol. The molecule has 1 fully saturated rings. The highest BCUT2D eigenvalue weighted by Crippen LogP contribution is 2.31. The van der Waals surface area contributed by atoms with E-state index in [0.29, 0.717) is 6.42 Å². The van der Waals surface area contributed by atoms with Crippen LogP contribution in [0, 0.1) is 0 Å². The fourth-order valence-corrected chi connectivity index (χ4v) is 3.41. The highest BCUT2D eigenvalue weighted by atomic mass is 32.1. The van der Waals surface area contributed by atoms with Gasteiger partial charge in [-0.25, -0.2) is 4.98 Å². The highest BCUT2D eigenvalue weighted by Gasteiger charge is 2.36. The van der Waals surface area contributed by atoms with Crippen LogP contribution in [-0.2, 0) is 16.6 Å². The SMILES string of the molecule is CC(C)(C)c1csc(CC(O)C2(C)CCCCO2)n1. The van der Waals surface area contributed by atoms with Crippen molar-refractivity contribution in [1.29, 1.82) is 0 Å². The van der Waals surface area contributed by atoms with Crippen LogP contribution in [0.15, 0.2) is 5.38 Å². The lowest BCUT2D eigenvalue weighted by Crippen LogP contribution is -2.45. The monoisotopic (exact) mass is 283 g/mol. The van der Waals surface area contributed by atoms with E-state index in [9.17, 15) is 5.11 Å². The summed E-state index contributed by atoms with van der Waals surface area (Å²) in [5.74, 6) is 0. The van der Waals surface area contributed by atoms with Gasteiger partial charge in [-0.15, -0.1) is 11.3 Å². The van der Waals surface area contributed by atoms with Gasteiger partial charge in [-0.2, -0.15) is 0 Å². The number of thiazole rings is 1. The molecule has 1 aromatic heterocycles. The van der Waals surface area contributed by atoms with E-state index < -0.39 is 11.7 Å². The molecule has 0 amide bonds. The number of hydrogen-bond acceptors (Lipinski definition) is 4. The minimum absolute atomic E-state index is 0.0743. The van der Waals surface area contributed by atoms with Crippen molar-refractivity contribution in [2.24, 2.45) is 0 Å². The molecule has 0 saturated carbocycles. The average Bonchev–Trinajstić information content (AvgIpc) is 2.78. The van der Waals surface area contributed by atoms with Gasteiger partial charge in [-0.1, -0.05) is 20.8 Å². The molecule has 0 aromatic carbocycles. The molecule has 108 valence electrons. The van der Waals surface area contributed by atoms with Gasteiger partial charge in [0.15, 0.2) is 0 Å². The van der Waals surface area contributed by atoms with Crippen molar-refractivity contribution < 1.29 is 9.84 Å². The van der Waals surface area contributed by atoms with Crippen molar-refractivity contribution >= 4 is 11.3 Å². The lowest BCUT2D eigenvalue weighted by molar-refractivity contribution is -0.135. The second-order valence-corrected chi connectivity index (χ2v) is 7.66. The van der Waals surface area contributed by atoms with Crippen LogP contribution < -0.4 is 0 Å². The predicted octanol–water partition coefficient (Wildman–Crippen LogP) is 3.30. The van der Waals surface area contributed by atoms with Gasteiger partial charge in [0.05, 0.1) is 22.4 Å². The lowest BCUT2D eigenvalue weighted by Gasteiger charge is -2.37. The first-order valence-corrected chi connectivity index (χ1v) is 7.96. The Balaban J connectivity index is 2.02. The Morgan fingerprint density at radius 3 is 2.74 bits per heavy atom. The molecule has 0 aliphatic carbocycles. The first-order valence-electron chi connectivity index (χ1n) is 7.08. The zero-order valence-corrected chi connectivity index (χ0v) is 13.2. The van der Waals surface area contributed by atoms with E-state index in [4.69, 9.17) is 4.74 Å². The molecule has 4 heteroatoms. The molecular formula is C15H25NO2S. The van der Waals surface area contributed by atoms with Crippen molar-refractivity contribution in [3.63, 3.8) is 0 Å². The minimum Gasteiger partial charge on any atom is -0.390 e. The van der Waals surface area contributed by atoms with Crippen LogP contribution in [-0.4, -0.2) is 28.4 Å². The van der Waals surface area contributed by atoms with E-state index in [1.165, 1.54) is 0 Å². The molecule has 3 nitrogen and oxygen atoms in total. The third-order valence-corrected chi connectivity index (χ3v) is 4.76. The van der Waals surface area contributed by atoms with Crippen molar-refractivity contribution in [2.45, 2.75) is 70.5 Å². The largest absolute Gasteiger partial charge is 0.390 e. The molecule has 0 spiro atoms. The van der Waals surface area contributed by atoms with Crippen LogP contribution in [0.5, 0.6) is 0 Å². The Morgan fingerprint density at radius 1 is 1.47 bits per heavy atom. The summed E-state index contributed by atoms with van der Waals surface area (Å²) in [6.45, 7) is 9.27. The highest BCUT2D eigenvalue weighted by molar-refractivity contribution is 7.09. The molecule has 2 heterocycles. The summed E-state index contributed by atoms with van der Waals surface area (Å²) in [6.07, 6.45) is 3.31. The number of ether oxygens (including phenoxy) is 1. The number of aromatic nitrogens is 1. The summed E-state index contributed by atoms with van der Waals surface area (Å²) in [4.78, 5) is 4.65. The normalized spacial score (nSPS) is 26.4. The second kappa shape index (κ2) is 5.51. The Kier molecular flexibility index (Phi) is 4.33. The van der Waals surface area contributed by atoms with E-state index in [0.717, 1.165) is 36.6 Å². The second-order valence-electron chi connectivity index (χ2n) is 6.71. The van der Waals surface area contributed by atoms with E-state index in [-0.39, 0.29) is 5.41 Å². The topological polar surface area (TPSA) is 42.4 Å². The third-order valence-electron chi connectivity index (χ3n) is 3.89. The molecule has 2 atom stereocenters. The van der Waals surface area contributed by atoms with E-state index in [1.54, 1.807) is 11.3 Å². The van der Waals surface area contributed by atoms with Crippen molar-refractivity contribution in [1.82, 2.24) is 4.98 Å². The molecule has 1 aliphatic rings. The maximum Gasteiger partial charge on any atom is 0.0955 e. The Labute approximate surface area is 120 Å². The Morgan fingerprint density at radius 2 is 2.21 bits per heavy atom. The standard InChI is InChI=1S/C15H25NO2S/c1-14(2,3)11-10-19-13(16-11)9-12(17)15(4)7-5-6-8-18-15/h10,12,17H,5-9H2,1-4H3. The summed E-state index contributed by atoms with van der Waals surface area (Å²) in [6, 6.07) is 0. The lowest BCUT2D eigenvalue weighted by atomic mass is 9.88. The molecule has 1 saturated heterocycles. The van der Waals surface area contributed by atoms with Crippen LogP contribution in [0.2, 0.25) is 0 Å². The van der Waals surface area contributed by atoms with E-state index in [2.05, 4.69) is 31.1 Å². The maximum atomic E-state index is 10.4. The minimum atomic E-state index is -0.466. The zero-order chi connectivity index (χ0) is 14.1. The summed E-state index contributed by atoms with van der Waals surface area (Å²) in [5, 5.41) is 13.6. The van der Waals surface area contributed by atoms with Gasteiger partial charge >= 0.3 is 0 Å². The van der Waals surface area contributed by atoms with Crippen LogP contribution in [0.4, 0.5) is 0 Å². The van der Waals surface area contributed by atoms with Crippen LogP contribution in [0.1, 0.15) is 57.7 Å². The summed E-state index contributed by atoms with van der Waals surface area (Å²) >= 11 is 1.64. The van der Waals surface area contributed by atoms with Gasteiger partial charge in [-0.05, 0) is 26.2 Å². The van der Waals surface area contributed by atoms with Gasteiger partial charge in [0.1, 0.15) is 0 Å². The van der Waals surface area contributed by atoms with Crippen molar-refractivity contribution in [2.75, 3.05) is 6.61 Å². The fourth-order valence-electron chi connectivity index (χ4n) is 2.35.